The van der Waals surface area contributed by atoms with E-state index in [0.717, 1.165) is 25.7 Å². The van der Waals surface area contributed by atoms with Gasteiger partial charge in [0.25, 0.3) is 0 Å². The monoisotopic (exact) mass is 156 g/mol. The minimum absolute atomic E-state index is 0.246. The first-order chi connectivity index (χ1) is 5.24. The first kappa shape index (κ1) is 8.72. The molecular formula is C9H16O2. The molecular weight excluding hydrogens is 140 g/mol. The molecule has 2 heteroatoms. The third-order valence-corrected chi connectivity index (χ3v) is 2.29. The molecule has 0 N–H and O–H groups in total. The van der Waals surface area contributed by atoms with Crippen LogP contribution in [0.15, 0.2) is 0 Å². The molecule has 11 heavy (non-hydrogen) atoms. The first-order valence-electron chi connectivity index (χ1n) is 4.31. The third-order valence-electron chi connectivity index (χ3n) is 2.29. The van der Waals surface area contributed by atoms with E-state index in [-0.39, 0.29) is 5.92 Å². The summed E-state index contributed by atoms with van der Waals surface area (Å²) in [6, 6.07) is 0. The molecule has 1 aliphatic rings. The Morgan fingerprint density at radius 3 is 2.82 bits per heavy atom. The van der Waals surface area contributed by atoms with Gasteiger partial charge in [-0.2, -0.15) is 0 Å². The summed E-state index contributed by atoms with van der Waals surface area (Å²) < 4.78 is 5.51. The smallest absolute Gasteiger partial charge is 0.123 e. The molecule has 0 spiro atoms. The lowest BCUT2D eigenvalue weighted by Crippen LogP contribution is -2.30. The van der Waals surface area contributed by atoms with E-state index in [4.69, 9.17) is 4.74 Å². The maximum Gasteiger partial charge on any atom is 0.123 e. The van der Waals surface area contributed by atoms with Crippen molar-refractivity contribution in [3.05, 3.63) is 0 Å². The van der Waals surface area contributed by atoms with Gasteiger partial charge in [0.1, 0.15) is 6.29 Å². The summed E-state index contributed by atoms with van der Waals surface area (Å²) in [7, 11) is 0. The Balaban J connectivity index is 2.39. The van der Waals surface area contributed by atoms with E-state index in [0.29, 0.717) is 12.0 Å². The molecule has 0 aromatic heterocycles. The van der Waals surface area contributed by atoms with Crippen molar-refractivity contribution >= 4 is 6.29 Å². The normalized spacial score (nSPS) is 32.3. The summed E-state index contributed by atoms with van der Waals surface area (Å²) in [5, 5.41) is 0. The Kier molecular flexibility index (Phi) is 3.06. The molecule has 0 aromatic carbocycles. The number of carbonyl (C=O) groups is 1. The van der Waals surface area contributed by atoms with E-state index in [1.54, 1.807) is 0 Å². The van der Waals surface area contributed by atoms with Crippen molar-refractivity contribution in [3.8, 4) is 0 Å². The average Bonchev–Trinajstić information content (AvgIpc) is 2.05. The average molecular weight is 156 g/mol. The van der Waals surface area contributed by atoms with Gasteiger partial charge in [-0.05, 0) is 18.8 Å². The molecule has 0 saturated carbocycles. The molecule has 1 fully saturated rings. The van der Waals surface area contributed by atoms with Gasteiger partial charge in [-0.15, -0.1) is 0 Å². The Bertz CT molecular complexity index is 132. The highest BCUT2D eigenvalue weighted by Gasteiger charge is 2.23. The SMILES string of the molecule is CC(C)[C@@H]1C[C@H](C=O)CCO1. The quantitative estimate of drug-likeness (QED) is 0.568. The summed E-state index contributed by atoms with van der Waals surface area (Å²) in [5.41, 5.74) is 0. The maximum absolute atomic E-state index is 10.5. The number of hydrogen-bond donors (Lipinski definition) is 0. The molecule has 0 bridgehead atoms. The second-order valence-electron chi connectivity index (χ2n) is 3.57. The summed E-state index contributed by atoms with van der Waals surface area (Å²) in [4.78, 5) is 10.5. The van der Waals surface area contributed by atoms with E-state index in [1.807, 2.05) is 0 Å². The van der Waals surface area contributed by atoms with Crippen LogP contribution in [0.2, 0.25) is 0 Å². The molecule has 1 rings (SSSR count). The van der Waals surface area contributed by atoms with Gasteiger partial charge in [-0.3, -0.25) is 0 Å². The second-order valence-corrected chi connectivity index (χ2v) is 3.57. The van der Waals surface area contributed by atoms with Crippen molar-refractivity contribution in [1.82, 2.24) is 0 Å². The van der Waals surface area contributed by atoms with Crippen molar-refractivity contribution in [2.24, 2.45) is 11.8 Å². The molecule has 2 atom stereocenters. The van der Waals surface area contributed by atoms with Crippen molar-refractivity contribution < 1.29 is 9.53 Å². The molecule has 0 aliphatic carbocycles. The van der Waals surface area contributed by atoms with Crippen LogP contribution < -0.4 is 0 Å². The van der Waals surface area contributed by atoms with Gasteiger partial charge in [0.15, 0.2) is 0 Å². The zero-order chi connectivity index (χ0) is 8.27. The zero-order valence-corrected chi connectivity index (χ0v) is 7.25. The lowest BCUT2D eigenvalue weighted by molar-refractivity contribution is -0.117. The lowest BCUT2D eigenvalue weighted by Gasteiger charge is -2.29. The predicted octanol–water partition coefficient (Wildman–Crippen LogP) is 1.64. The fourth-order valence-corrected chi connectivity index (χ4v) is 1.44. The fourth-order valence-electron chi connectivity index (χ4n) is 1.44. The van der Waals surface area contributed by atoms with E-state index in [2.05, 4.69) is 13.8 Å². The molecule has 1 heterocycles. The Morgan fingerprint density at radius 1 is 1.55 bits per heavy atom. The summed E-state index contributed by atoms with van der Waals surface area (Å²) in [6.45, 7) is 5.03. The van der Waals surface area contributed by atoms with Gasteiger partial charge in [-0.25, -0.2) is 0 Å². The molecule has 2 nitrogen and oxygen atoms in total. The van der Waals surface area contributed by atoms with Crippen LogP contribution >= 0.6 is 0 Å². The molecule has 64 valence electrons. The maximum atomic E-state index is 10.5. The van der Waals surface area contributed by atoms with Crippen LogP contribution in [-0.4, -0.2) is 19.0 Å². The largest absolute Gasteiger partial charge is 0.378 e. The minimum Gasteiger partial charge on any atom is -0.378 e. The van der Waals surface area contributed by atoms with Gasteiger partial charge in [0, 0.05) is 12.5 Å². The summed E-state index contributed by atoms with van der Waals surface area (Å²) in [5.74, 6) is 0.786. The molecule has 0 unspecified atom stereocenters. The van der Waals surface area contributed by atoms with Crippen LogP contribution in [0.5, 0.6) is 0 Å². The van der Waals surface area contributed by atoms with Crippen molar-refractivity contribution in [1.29, 1.82) is 0 Å². The van der Waals surface area contributed by atoms with Gasteiger partial charge < -0.3 is 9.53 Å². The van der Waals surface area contributed by atoms with Crippen LogP contribution in [0.1, 0.15) is 26.7 Å². The van der Waals surface area contributed by atoms with E-state index >= 15 is 0 Å². The van der Waals surface area contributed by atoms with Crippen LogP contribution in [0.3, 0.4) is 0 Å². The number of aldehydes is 1. The molecule has 1 aliphatic heterocycles. The van der Waals surface area contributed by atoms with Gasteiger partial charge >= 0.3 is 0 Å². The minimum atomic E-state index is 0.246. The molecule has 1 saturated heterocycles. The van der Waals surface area contributed by atoms with Gasteiger partial charge in [0.2, 0.25) is 0 Å². The van der Waals surface area contributed by atoms with E-state index in [9.17, 15) is 4.79 Å². The number of rotatable bonds is 2. The van der Waals surface area contributed by atoms with Crippen molar-refractivity contribution in [2.75, 3.05) is 6.61 Å². The lowest BCUT2D eigenvalue weighted by atomic mass is 9.91. The van der Waals surface area contributed by atoms with Crippen LogP contribution in [-0.2, 0) is 9.53 Å². The number of ether oxygens (including phenoxy) is 1. The molecule has 0 aromatic rings. The highest BCUT2D eigenvalue weighted by Crippen LogP contribution is 2.23. The predicted molar refractivity (Wildman–Crippen MR) is 43.4 cm³/mol. The van der Waals surface area contributed by atoms with Gasteiger partial charge in [-0.1, -0.05) is 13.8 Å². The number of hydrogen-bond acceptors (Lipinski definition) is 2. The van der Waals surface area contributed by atoms with Gasteiger partial charge in [0.05, 0.1) is 6.10 Å². The summed E-state index contributed by atoms with van der Waals surface area (Å²) in [6.07, 6.45) is 3.20. The van der Waals surface area contributed by atoms with Crippen LogP contribution in [0.4, 0.5) is 0 Å². The highest BCUT2D eigenvalue weighted by molar-refractivity contribution is 5.53. The Labute approximate surface area is 67.9 Å². The first-order valence-corrected chi connectivity index (χ1v) is 4.31. The summed E-state index contributed by atoms with van der Waals surface area (Å²) >= 11 is 0. The van der Waals surface area contributed by atoms with E-state index in [1.165, 1.54) is 0 Å². The third kappa shape index (κ3) is 2.29. The highest BCUT2D eigenvalue weighted by atomic mass is 16.5. The fraction of sp³-hybridized carbons (Fsp3) is 0.889. The Hall–Kier alpha value is -0.370. The van der Waals surface area contributed by atoms with Crippen LogP contribution in [0, 0.1) is 11.8 Å². The van der Waals surface area contributed by atoms with Crippen LogP contribution in [0.25, 0.3) is 0 Å². The topological polar surface area (TPSA) is 26.3 Å². The van der Waals surface area contributed by atoms with Crippen molar-refractivity contribution in [2.45, 2.75) is 32.8 Å². The zero-order valence-electron chi connectivity index (χ0n) is 7.25. The molecule has 0 radical (unpaired) electrons. The standard InChI is InChI=1S/C9H16O2/c1-7(2)9-5-8(6-10)3-4-11-9/h6-9H,3-5H2,1-2H3/t8-,9+/m1/s1. The molecule has 0 amide bonds. The van der Waals surface area contributed by atoms with E-state index < -0.39 is 0 Å². The number of carbonyl (C=O) groups excluding carboxylic acids is 1. The van der Waals surface area contributed by atoms with Crippen molar-refractivity contribution in [3.63, 3.8) is 0 Å². The Morgan fingerprint density at radius 2 is 2.27 bits per heavy atom. The second kappa shape index (κ2) is 3.86.